The van der Waals surface area contributed by atoms with Crippen molar-refractivity contribution < 1.29 is 18.0 Å². The molecule has 1 amide bonds. The zero-order valence-electron chi connectivity index (χ0n) is 19.0. The molecular formula is C27H22F3N3OS. The maximum atomic E-state index is 13.6. The minimum Gasteiger partial charge on any atom is -0.303 e. The smallest absolute Gasteiger partial charge is 0.303 e. The molecule has 1 atom stereocenters. The average molecular weight is 494 g/mol. The maximum Gasteiger partial charge on any atom is 0.417 e. The molecule has 1 heterocycles. The van der Waals surface area contributed by atoms with Crippen molar-refractivity contribution in [2.24, 2.45) is 0 Å². The predicted octanol–water partition coefficient (Wildman–Crippen LogP) is 6.23. The summed E-state index contributed by atoms with van der Waals surface area (Å²) in [5, 5.41) is 9.29. The second-order valence-corrected chi connectivity index (χ2v) is 9.80. The minimum absolute atomic E-state index is 0.0228. The molecule has 0 radical (unpaired) electrons. The first-order valence-corrected chi connectivity index (χ1v) is 11.8. The van der Waals surface area contributed by atoms with Gasteiger partial charge in [0.25, 0.3) is 5.91 Å². The zero-order valence-corrected chi connectivity index (χ0v) is 19.8. The van der Waals surface area contributed by atoms with E-state index in [4.69, 9.17) is 17.5 Å². The number of carbonyl (C=O) groups excluding carboxylic acids is 1. The molecule has 0 aromatic heterocycles. The lowest BCUT2D eigenvalue weighted by Crippen LogP contribution is -2.54. The van der Waals surface area contributed by atoms with Gasteiger partial charge in [-0.05, 0) is 67.7 Å². The second kappa shape index (κ2) is 8.06. The van der Waals surface area contributed by atoms with E-state index in [1.165, 1.54) is 16.5 Å². The lowest BCUT2D eigenvalue weighted by molar-refractivity contribution is -0.137. The van der Waals surface area contributed by atoms with E-state index < -0.39 is 22.8 Å². The molecular weight excluding hydrogens is 471 g/mol. The summed E-state index contributed by atoms with van der Waals surface area (Å²) in [6, 6.07) is 15.0. The molecule has 8 heteroatoms. The molecule has 35 heavy (non-hydrogen) atoms. The van der Waals surface area contributed by atoms with Crippen LogP contribution in [0.1, 0.15) is 49.3 Å². The Hall–Kier alpha value is -3.44. The van der Waals surface area contributed by atoms with E-state index in [9.17, 15) is 18.0 Å². The van der Waals surface area contributed by atoms with Crippen LogP contribution in [0.25, 0.3) is 0 Å². The lowest BCUT2D eigenvalue weighted by Gasteiger charge is -2.44. The summed E-state index contributed by atoms with van der Waals surface area (Å²) >= 11 is 5.71. The van der Waals surface area contributed by atoms with E-state index in [0.29, 0.717) is 19.3 Å². The van der Waals surface area contributed by atoms with Gasteiger partial charge in [-0.25, -0.2) is 0 Å². The number of nitrogens with zero attached hydrogens (tertiary/aromatic N) is 3. The summed E-state index contributed by atoms with van der Waals surface area (Å²) in [5.41, 5.74) is -0.698. The number of allylic oxidation sites excluding steroid dienone is 3. The molecule has 1 spiro atoms. The molecule has 2 aliphatic carbocycles. The van der Waals surface area contributed by atoms with Gasteiger partial charge >= 0.3 is 6.18 Å². The highest BCUT2D eigenvalue weighted by Gasteiger charge is 2.60. The van der Waals surface area contributed by atoms with Crippen LogP contribution in [0.3, 0.4) is 0 Å². The van der Waals surface area contributed by atoms with E-state index in [0.717, 1.165) is 24.3 Å². The Balaban J connectivity index is 1.51. The molecule has 1 saturated carbocycles. The number of anilines is 1. The quantitative estimate of drug-likeness (QED) is 0.475. The fourth-order valence-electron chi connectivity index (χ4n) is 5.13. The Morgan fingerprint density at radius 1 is 1.11 bits per heavy atom. The lowest BCUT2D eigenvalue weighted by atomic mass is 9.73. The standard InChI is InChI=1S/C27H22F3N3OS/c1-25(19-6-3-2-4-7-19)14-10-20(11-15-25)33-24(35)32(23(34)26(33)12-5-13-26)21-9-8-18(17-31)22(16-21)27(28,29)30/h2-4,6-11,14,16H,5,12-13,15H2,1H3. The van der Waals surface area contributed by atoms with Crippen LogP contribution >= 0.6 is 12.2 Å². The molecule has 1 aliphatic heterocycles. The number of benzene rings is 2. The summed E-state index contributed by atoms with van der Waals surface area (Å²) in [6.45, 7) is 2.14. The van der Waals surface area contributed by atoms with Crippen molar-refractivity contribution in [3.8, 4) is 6.07 Å². The summed E-state index contributed by atoms with van der Waals surface area (Å²) in [4.78, 5) is 16.7. The highest BCUT2D eigenvalue weighted by Crippen LogP contribution is 2.49. The number of halogens is 3. The van der Waals surface area contributed by atoms with Crippen molar-refractivity contribution >= 4 is 28.9 Å². The summed E-state index contributed by atoms with van der Waals surface area (Å²) in [7, 11) is 0. The van der Waals surface area contributed by atoms with Gasteiger partial charge in [0.2, 0.25) is 0 Å². The van der Waals surface area contributed by atoms with Crippen LogP contribution in [0.5, 0.6) is 0 Å². The molecule has 0 bridgehead atoms. The maximum absolute atomic E-state index is 13.6. The van der Waals surface area contributed by atoms with Crippen LogP contribution in [0.4, 0.5) is 18.9 Å². The number of carbonyl (C=O) groups is 1. The van der Waals surface area contributed by atoms with Crippen LogP contribution in [0.2, 0.25) is 0 Å². The zero-order chi connectivity index (χ0) is 25.0. The monoisotopic (exact) mass is 493 g/mol. The van der Waals surface area contributed by atoms with Gasteiger partial charge in [-0.1, -0.05) is 49.4 Å². The number of nitriles is 1. The van der Waals surface area contributed by atoms with Gasteiger partial charge in [-0.3, -0.25) is 9.69 Å². The van der Waals surface area contributed by atoms with Gasteiger partial charge in [-0.2, -0.15) is 18.4 Å². The summed E-state index contributed by atoms with van der Waals surface area (Å²) in [6.07, 6.45) is 4.06. The number of amides is 1. The van der Waals surface area contributed by atoms with E-state index >= 15 is 0 Å². The van der Waals surface area contributed by atoms with Crippen LogP contribution in [0, 0.1) is 11.3 Å². The minimum atomic E-state index is -4.73. The topological polar surface area (TPSA) is 47.3 Å². The fraction of sp³-hybridized carbons (Fsp3) is 0.296. The average Bonchev–Trinajstić information content (AvgIpc) is 3.06. The number of alkyl halides is 3. The molecule has 2 fully saturated rings. The summed E-state index contributed by atoms with van der Waals surface area (Å²) in [5.74, 6) is -0.322. The van der Waals surface area contributed by atoms with Crippen LogP contribution in [-0.4, -0.2) is 21.5 Å². The highest BCUT2D eigenvalue weighted by atomic mass is 32.1. The third-order valence-corrected chi connectivity index (χ3v) is 7.69. The molecule has 5 rings (SSSR count). The predicted molar refractivity (Wildman–Crippen MR) is 130 cm³/mol. The van der Waals surface area contributed by atoms with Crippen molar-refractivity contribution in [3.05, 3.63) is 89.1 Å². The van der Waals surface area contributed by atoms with Gasteiger partial charge in [0.15, 0.2) is 5.11 Å². The SMILES string of the molecule is CC1(c2ccccc2)C=CC(N2C(=S)N(c3ccc(C#N)c(C(F)(F)F)c3)C(=O)C23CCC3)=CC1. The Labute approximate surface area is 206 Å². The summed E-state index contributed by atoms with van der Waals surface area (Å²) < 4.78 is 40.8. The van der Waals surface area contributed by atoms with Crippen LogP contribution < -0.4 is 4.90 Å². The number of thiocarbonyl (C=S) groups is 1. The van der Waals surface area contributed by atoms with Crippen molar-refractivity contribution in [1.82, 2.24) is 4.90 Å². The molecule has 178 valence electrons. The van der Waals surface area contributed by atoms with Crippen molar-refractivity contribution in [2.45, 2.75) is 49.7 Å². The number of hydrogen-bond acceptors (Lipinski definition) is 3. The normalized spacial score (nSPS) is 23.3. The Kier molecular flexibility index (Phi) is 5.37. The van der Waals surface area contributed by atoms with Gasteiger partial charge in [0.1, 0.15) is 5.54 Å². The van der Waals surface area contributed by atoms with E-state index in [1.807, 2.05) is 29.2 Å². The number of hydrogen-bond donors (Lipinski definition) is 0. The second-order valence-electron chi connectivity index (χ2n) is 9.43. The molecule has 3 aliphatic rings. The number of rotatable bonds is 3. The van der Waals surface area contributed by atoms with E-state index in [-0.39, 0.29) is 22.1 Å². The molecule has 4 nitrogen and oxygen atoms in total. The third-order valence-electron chi connectivity index (χ3n) is 7.33. The van der Waals surface area contributed by atoms with Gasteiger partial charge in [0, 0.05) is 11.1 Å². The third kappa shape index (κ3) is 3.57. The molecule has 0 N–H and O–H groups in total. The van der Waals surface area contributed by atoms with E-state index in [1.54, 1.807) is 6.07 Å². The Bertz CT molecular complexity index is 1320. The largest absolute Gasteiger partial charge is 0.417 e. The first-order chi connectivity index (χ1) is 16.6. The molecule has 1 saturated heterocycles. The van der Waals surface area contributed by atoms with Crippen LogP contribution in [-0.2, 0) is 16.4 Å². The van der Waals surface area contributed by atoms with E-state index in [2.05, 4.69) is 31.2 Å². The van der Waals surface area contributed by atoms with Crippen molar-refractivity contribution in [1.29, 1.82) is 5.26 Å². The molecule has 2 aromatic carbocycles. The van der Waals surface area contributed by atoms with Crippen molar-refractivity contribution in [2.75, 3.05) is 4.90 Å². The molecule has 1 unspecified atom stereocenters. The molecule has 2 aromatic rings. The highest BCUT2D eigenvalue weighted by molar-refractivity contribution is 7.80. The first kappa shape index (κ1) is 23.3. The fourth-order valence-corrected chi connectivity index (χ4v) is 5.60. The van der Waals surface area contributed by atoms with Crippen molar-refractivity contribution in [3.63, 3.8) is 0 Å². The Morgan fingerprint density at radius 3 is 2.37 bits per heavy atom. The van der Waals surface area contributed by atoms with Gasteiger partial charge in [-0.15, -0.1) is 0 Å². The Morgan fingerprint density at radius 2 is 1.83 bits per heavy atom. The van der Waals surface area contributed by atoms with Gasteiger partial charge < -0.3 is 4.90 Å². The van der Waals surface area contributed by atoms with Crippen LogP contribution in [0.15, 0.2) is 72.5 Å². The van der Waals surface area contributed by atoms with Gasteiger partial charge in [0.05, 0.1) is 22.9 Å². The first-order valence-electron chi connectivity index (χ1n) is 11.4.